The van der Waals surface area contributed by atoms with Crippen molar-refractivity contribution in [2.24, 2.45) is 5.41 Å². The second-order valence-corrected chi connectivity index (χ2v) is 4.38. The predicted octanol–water partition coefficient (Wildman–Crippen LogP) is 1.55. The largest absolute Gasteiger partial charge is 0.316 e. The number of nitrogens with one attached hydrogen (secondary N) is 2. The Morgan fingerprint density at radius 2 is 2.47 bits per heavy atom. The quantitative estimate of drug-likeness (QED) is 0.838. The Bertz CT molecular complexity index is 399. The summed E-state index contributed by atoms with van der Waals surface area (Å²) < 4.78 is 12.7. The molecule has 0 radical (unpaired) electrons. The Kier molecular flexibility index (Phi) is 3.38. The van der Waals surface area contributed by atoms with Gasteiger partial charge in [-0.15, -0.1) is 0 Å². The van der Waals surface area contributed by atoms with Gasteiger partial charge in [0.15, 0.2) is 0 Å². The van der Waals surface area contributed by atoms with Crippen LogP contribution in [0.4, 0.5) is 10.2 Å². The smallest absolute Gasteiger partial charge is 0.233 e. The zero-order valence-corrected chi connectivity index (χ0v) is 9.79. The number of amides is 1. The Hall–Kier alpha value is -1.49. The summed E-state index contributed by atoms with van der Waals surface area (Å²) in [5, 5.41) is 5.94. The van der Waals surface area contributed by atoms with Crippen LogP contribution < -0.4 is 10.6 Å². The molecule has 0 saturated carbocycles. The van der Waals surface area contributed by atoms with Crippen LogP contribution in [0, 0.1) is 11.2 Å². The second-order valence-electron chi connectivity index (χ2n) is 4.38. The van der Waals surface area contributed by atoms with Gasteiger partial charge in [0.1, 0.15) is 11.6 Å². The molecule has 0 aliphatic carbocycles. The number of anilines is 1. The van der Waals surface area contributed by atoms with Gasteiger partial charge in [0.25, 0.3) is 0 Å². The Morgan fingerprint density at radius 1 is 1.65 bits per heavy atom. The highest BCUT2D eigenvalue weighted by Gasteiger charge is 2.39. The highest BCUT2D eigenvalue weighted by Crippen LogP contribution is 2.30. The van der Waals surface area contributed by atoms with E-state index in [4.69, 9.17) is 0 Å². The van der Waals surface area contributed by atoms with Crippen molar-refractivity contribution in [1.29, 1.82) is 0 Å². The molecular formula is C12H16FN3O. The highest BCUT2D eigenvalue weighted by molar-refractivity contribution is 5.94. The lowest BCUT2D eigenvalue weighted by Gasteiger charge is -2.24. The monoisotopic (exact) mass is 237 g/mol. The lowest BCUT2D eigenvalue weighted by molar-refractivity contribution is -0.124. The first-order valence-electron chi connectivity index (χ1n) is 5.80. The fraction of sp³-hybridized carbons (Fsp3) is 0.500. The molecule has 2 rings (SSSR count). The van der Waals surface area contributed by atoms with E-state index in [1.165, 1.54) is 12.1 Å². The summed E-state index contributed by atoms with van der Waals surface area (Å²) in [6, 6.07) is 2.76. The summed E-state index contributed by atoms with van der Waals surface area (Å²) >= 11 is 0. The van der Waals surface area contributed by atoms with Crippen LogP contribution in [0.15, 0.2) is 18.3 Å². The summed E-state index contributed by atoms with van der Waals surface area (Å²) in [6.45, 7) is 3.55. The molecule has 1 aromatic rings. The molecule has 1 aliphatic heterocycles. The maximum Gasteiger partial charge on any atom is 0.233 e. The SMILES string of the molecule is CCC1(C(=O)Nc2ccc(F)cn2)CCNC1. The molecule has 17 heavy (non-hydrogen) atoms. The van der Waals surface area contributed by atoms with E-state index in [9.17, 15) is 9.18 Å². The maximum absolute atomic E-state index is 12.7. The van der Waals surface area contributed by atoms with Gasteiger partial charge in [-0.2, -0.15) is 0 Å². The van der Waals surface area contributed by atoms with Crippen LogP contribution >= 0.6 is 0 Å². The van der Waals surface area contributed by atoms with E-state index in [2.05, 4.69) is 15.6 Å². The molecule has 1 amide bonds. The molecule has 5 heteroatoms. The van der Waals surface area contributed by atoms with E-state index in [0.717, 1.165) is 25.6 Å². The number of pyridine rings is 1. The summed E-state index contributed by atoms with van der Waals surface area (Å²) in [7, 11) is 0. The van der Waals surface area contributed by atoms with Gasteiger partial charge in [0, 0.05) is 6.54 Å². The highest BCUT2D eigenvalue weighted by atomic mass is 19.1. The molecule has 4 nitrogen and oxygen atoms in total. The first kappa shape index (κ1) is 12.0. The fourth-order valence-electron chi connectivity index (χ4n) is 2.10. The van der Waals surface area contributed by atoms with Gasteiger partial charge < -0.3 is 10.6 Å². The Morgan fingerprint density at radius 3 is 3.00 bits per heavy atom. The molecule has 0 spiro atoms. The molecule has 92 valence electrons. The predicted molar refractivity (Wildman–Crippen MR) is 63.0 cm³/mol. The molecule has 1 unspecified atom stereocenters. The van der Waals surface area contributed by atoms with Gasteiger partial charge in [-0.25, -0.2) is 9.37 Å². The summed E-state index contributed by atoms with van der Waals surface area (Å²) in [4.78, 5) is 16.0. The van der Waals surface area contributed by atoms with E-state index >= 15 is 0 Å². The molecule has 2 heterocycles. The van der Waals surface area contributed by atoms with Crippen molar-refractivity contribution in [1.82, 2.24) is 10.3 Å². The van der Waals surface area contributed by atoms with Crippen molar-refractivity contribution in [3.63, 3.8) is 0 Å². The van der Waals surface area contributed by atoms with Crippen LogP contribution in [-0.4, -0.2) is 24.0 Å². The van der Waals surface area contributed by atoms with Gasteiger partial charge in [-0.05, 0) is 31.5 Å². The van der Waals surface area contributed by atoms with Crippen LogP contribution in [0.2, 0.25) is 0 Å². The van der Waals surface area contributed by atoms with E-state index in [1.54, 1.807) is 0 Å². The Balaban J connectivity index is 2.08. The average Bonchev–Trinajstić information content (AvgIpc) is 2.82. The lowest BCUT2D eigenvalue weighted by atomic mass is 9.83. The van der Waals surface area contributed by atoms with Gasteiger partial charge in [0.2, 0.25) is 5.91 Å². The molecule has 0 aromatic carbocycles. The number of rotatable bonds is 3. The molecular weight excluding hydrogens is 221 g/mol. The third-order valence-corrected chi connectivity index (χ3v) is 3.37. The molecule has 1 aromatic heterocycles. The van der Waals surface area contributed by atoms with Crippen molar-refractivity contribution < 1.29 is 9.18 Å². The minimum atomic E-state index is -0.407. The lowest BCUT2D eigenvalue weighted by Crippen LogP contribution is -2.37. The number of hydrogen-bond donors (Lipinski definition) is 2. The van der Waals surface area contributed by atoms with Crippen LogP contribution in [0.1, 0.15) is 19.8 Å². The standard InChI is InChI=1S/C12H16FN3O/c1-2-12(5-6-14-8-12)11(17)16-10-4-3-9(13)7-15-10/h3-4,7,14H,2,5-6,8H2,1H3,(H,15,16,17). The van der Waals surface area contributed by atoms with Gasteiger partial charge >= 0.3 is 0 Å². The van der Waals surface area contributed by atoms with Crippen molar-refractivity contribution in [2.75, 3.05) is 18.4 Å². The van der Waals surface area contributed by atoms with Crippen LogP contribution in [0.25, 0.3) is 0 Å². The molecule has 2 N–H and O–H groups in total. The number of hydrogen-bond acceptors (Lipinski definition) is 3. The first-order valence-corrected chi connectivity index (χ1v) is 5.80. The third-order valence-electron chi connectivity index (χ3n) is 3.37. The normalized spacial score (nSPS) is 23.6. The van der Waals surface area contributed by atoms with E-state index in [0.29, 0.717) is 12.4 Å². The summed E-state index contributed by atoms with van der Waals surface area (Å²) in [5.74, 6) is -0.0454. The second kappa shape index (κ2) is 4.79. The van der Waals surface area contributed by atoms with E-state index < -0.39 is 5.82 Å². The number of carbonyl (C=O) groups excluding carboxylic acids is 1. The summed E-state index contributed by atoms with van der Waals surface area (Å²) in [6.07, 6.45) is 2.71. The Labute approximate surface area is 99.6 Å². The van der Waals surface area contributed by atoms with Gasteiger partial charge in [-0.3, -0.25) is 4.79 Å². The van der Waals surface area contributed by atoms with Gasteiger partial charge in [-0.1, -0.05) is 6.92 Å². The van der Waals surface area contributed by atoms with Crippen molar-refractivity contribution in [3.05, 3.63) is 24.1 Å². The van der Waals surface area contributed by atoms with Crippen LogP contribution in [0.3, 0.4) is 0 Å². The number of halogens is 1. The van der Waals surface area contributed by atoms with Crippen molar-refractivity contribution >= 4 is 11.7 Å². The molecule has 1 aliphatic rings. The van der Waals surface area contributed by atoms with Crippen LogP contribution in [-0.2, 0) is 4.79 Å². The molecule has 1 saturated heterocycles. The minimum absolute atomic E-state index is 0.0379. The number of carbonyl (C=O) groups is 1. The molecule has 1 atom stereocenters. The van der Waals surface area contributed by atoms with E-state index in [-0.39, 0.29) is 11.3 Å². The average molecular weight is 237 g/mol. The zero-order valence-electron chi connectivity index (χ0n) is 9.79. The number of nitrogens with zero attached hydrogens (tertiary/aromatic N) is 1. The topological polar surface area (TPSA) is 54.0 Å². The molecule has 1 fully saturated rings. The van der Waals surface area contributed by atoms with Crippen molar-refractivity contribution in [3.8, 4) is 0 Å². The summed E-state index contributed by atoms with van der Waals surface area (Å²) in [5.41, 5.74) is -0.351. The first-order chi connectivity index (χ1) is 8.16. The zero-order chi connectivity index (χ0) is 12.3. The number of aromatic nitrogens is 1. The fourth-order valence-corrected chi connectivity index (χ4v) is 2.10. The maximum atomic E-state index is 12.7. The van der Waals surface area contributed by atoms with Crippen LogP contribution in [0.5, 0.6) is 0 Å². The minimum Gasteiger partial charge on any atom is -0.316 e. The third kappa shape index (κ3) is 2.44. The van der Waals surface area contributed by atoms with E-state index in [1.807, 2.05) is 6.92 Å². The van der Waals surface area contributed by atoms with Crippen molar-refractivity contribution in [2.45, 2.75) is 19.8 Å². The van der Waals surface area contributed by atoms with Gasteiger partial charge in [0.05, 0.1) is 11.6 Å². The molecule has 0 bridgehead atoms.